The van der Waals surface area contributed by atoms with Crippen molar-refractivity contribution in [2.45, 2.75) is 0 Å². The van der Waals surface area contributed by atoms with Gasteiger partial charge in [0.25, 0.3) is 0 Å². The molecule has 0 aromatic heterocycles. The molecule has 0 unspecified atom stereocenters. The van der Waals surface area contributed by atoms with E-state index in [-0.39, 0.29) is 0 Å². The van der Waals surface area contributed by atoms with Gasteiger partial charge in [0.1, 0.15) is 6.54 Å². The maximum atomic E-state index is 9.90. The zero-order valence-electron chi connectivity index (χ0n) is 4.55. The third-order valence-corrected chi connectivity index (χ3v) is 1.10. The molecule has 1 fully saturated rings. The van der Waals surface area contributed by atoms with Crippen molar-refractivity contribution < 1.29 is 4.79 Å². The molecule has 0 atom stereocenters. The van der Waals surface area contributed by atoms with Crippen LogP contribution in [0.5, 0.6) is 0 Å². The first kappa shape index (κ1) is 5.72. The SMILES string of the molecule is O=[C][N+]1[CH]CNCC1. The fourth-order valence-corrected chi connectivity index (χ4v) is 0.651. The Hall–Kier alpha value is -0.410. The summed E-state index contributed by atoms with van der Waals surface area (Å²) in [5.74, 6) is 0. The zero-order valence-corrected chi connectivity index (χ0v) is 4.55. The number of carbonyl (C=O) groups excluding carboxylic acids is 1. The van der Waals surface area contributed by atoms with Crippen LogP contribution in [0.4, 0.5) is 0 Å². The molecule has 8 heavy (non-hydrogen) atoms. The van der Waals surface area contributed by atoms with E-state index in [0.717, 1.165) is 19.6 Å². The van der Waals surface area contributed by atoms with Crippen LogP contribution in [0.25, 0.3) is 0 Å². The van der Waals surface area contributed by atoms with E-state index in [1.165, 1.54) is 4.90 Å². The van der Waals surface area contributed by atoms with Gasteiger partial charge in [0.05, 0.1) is 13.1 Å². The highest BCUT2D eigenvalue weighted by Gasteiger charge is 2.19. The van der Waals surface area contributed by atoms with Crippen LogP contribution >= 0.6 is 0 Å². The van der Waals surface area contributed by atoms with Crippen LogP contribution in [0.15, 0.2) is 0 Å². The monoisotopic (exact) mass is 112 g/mol. The van der Waals surface area contributed by atoms with Gasteiger partial charge in [0, 0.05) is 0 Å². The average molecular weight is 112 g/mol. The van der Waals surface area contributed by atoms with Gasteiger partial charge in [-0.2, -0.15) is 0 Å². The minimum Gasteiger partial charge on any atom is -0.305 e. The molecule has 1 saturated heterocycles. The van der Waals surface area contributed by atoms with Gasteiger partial charge in [0.2, 0.25) is 6.54 Å². The summed E-state index contributed by atoms with van der Waals surface area (Å²) in [4.78, 5) is 11.4. The van der Waals surface area contributed by atoms with Crippen LogP contribution in [0, 0.1) is 6.54 Å². The number of piperazine rings is 1. The van der Waals surface area contributed by atoms with Gasteiger partial charge < -0.3 is 5.32 Å². The third-order valence-electron chi connectivity index (χ3n) is 1.10. The molecule has 0 bridgehead atoms. The van der Waals surface area contributed by atoms with E-state index in [2.05, 4.69) is 5.32 Å². The molecule has 3 heteroatoms. The first-order chi connectivity index (χ1) is 3.93. The van der Waals surface area contributed by atoms with Crippen molar-refractivity contribution in [3.05, 3.63) is 6.54 Å². The molecule has 0 aromatic carbocycles. The number of hydrogen-bond acceptors (Lipinski definition) is 2. The Balaban J connectivity index is 2.22. The first-order valence-electron chi connectivity index (χ1n) is 2.62. The molecule has 1 rings (SSSR count). The van der Waals surface area contributed by atoms with Crippen molar-refractivity contribution in [2.75, 3.05) is 19.6 Å². The molecular weight excluding hydrogens is 104 g/mol. The first-order valence-corrected chi connectivity index (χ1v) is 2.62. The Labute approximate surface area is 48.7 Å². The van der Waals surface area contributed by atoms with Crippen LogP contribution in [0.3, 0.4) is 0 Å². The predicted molar refractivity (Wildman–Crippen MR) is 29.9 cm³/mol. The zero-order chi connectivity index (χ0) is 5.82. The second kappa shape index (κ2) is 2.79. The molecule has 3 nitrogen and oxygen atoms in total. The number of rotatable bonds is 1. The van der Waals surface area contributed by atoms with Crippen molar-refractivity contribution in [2.24, 2.45) is 0 Å². The van der Waals surface area contributed by atoms with Crippen molar-refractivity contribution in [1.29, 1.82) is 0 Å². The summed E-state index contributed by atoms with van der Waals surface area (Å²) in [6.07, 6.45) is 1.79. The van der Waals surface area contributed by atoms with Gasteiger partial charge in [-0.25, -0.2) is 4.79 Å². The quantitative estimate of drug-likeness (QED) is 0.440. The van der Waals surface area contributed by atoms with Crippen molar-refractivity contribution >= 4 is 6.41 Å². The fourth-order valence-electron chi connectivity index (χ4n) is 0.651. The van der Waals surface area contributed by atoms with Crippen LogP contribution in [0.2, 0.25) is 0 Å². The molecular formula is C5H8N2O+. The molecule has 0 spiro atoms. The van der Waals surface area contributed by atoms with E-state index < -0.39 is 0 Å². The largest absolute Gasteiger partial charge is 0.495 e. The standard InChI is InChI=1S/C5H8N2O/c8-5-7-3-1-6-2-4-7/h3,6H,1-2,4H2/q+1. The highest BCUT2D eigenvalue weighted by Crippen LogP contribution is 1.85. The molecule has 1 aliphatic rings. The molecule has 0 aromatic rings. The molecule has 0 aliphatic carbocycles. The van der Waals surface area contributed by atoms with Gasteiger partial charge in [-0.1, -0.05) is 4.90 Å². The Bertz CT molecular complexity index is 78.5. The van der Waals surface area contributed by atoms with E-state index in [4.69, 9.17) is 0 Å². The summed E-state index contributed by atoms with van der Waals surface area (Å²) in [6.45, 7) is 4.21. The van der Waals surface area contributed by atoms with Crippen molar-refractivity contribution in [3.8, 4) is 0 Å². The third kappa shape index (κ3) is 1.28. The van der Waals surface area contributed by atoms with Gasteiger partial charge >= 0.3 is 6.41 Å². The maximum Gasteiger partial charge on any atom is 0.495 e. The lowest BCUT2D eigenvalue weighted by Gasteiger charge is -2.08. The van der Waals surface area contributed by atoms with Gasteiger partial charge in [-0.3, -0.25) is 0 Å². The lowest BCUT2D eigenvalue weighted by molar-refractivity contribution is 0.463. The number of hydrogen-bond donors (Lipinski definition) is 1. The Morgan fingerprint density at radius 3 is 3.00 bits per heavy atom. The molecule has 43 valence electrons. The smallest absolute Gasteiger partial charge is 0.305 e. The van der Waals surface area contributed by atoms with Crippen LogP contribution < -0.4 is 10.2 Å². The minimum atomic E-state index is 0.753. The van der Waals surface area contributed by atoms with E-state index in [1.54, 1.807) is 13.0 Å². The van der Waals surface area contributed by atoms with Gasteiger partial charge in [-0.05, 0) is 0 Å². The molecule has 1 aliphatic heterocycles. The molecule has 0 saturated carbocycles. The Kier molecular flexibility index (Phi) is 2.00. The highest BCUT2D eigenvalue weighted by atomic mass is 16.1. The second-order valence-electron chi connectivity index (χ2n) is 1.67. The van der Waals surface area contributed by atoms with E-state index in [1.807, 2.05) is 0 Å². The Morgan fingerprint density at radius 2 is 2.62 bits per heavy atom. The topological polar surface area (TPSA) is 35.0 Å². The number of nitrogens with one attached hydrogen (secondary N) is 1. The normalized spacial score (nSPS) is 23.0. The molecule has 3 radical (unpaired) electrons. The lowest BCUT2D eigenvalue weighted by atomic mass is 10.4. The summed E-state index contributed by atoms with van der Waals surface area (Å²) in [6, 6.07) is 0. The Morgan fingerprint density at radius 1 is 1.75 bits per heavy atom. The average Bonchev–Trinajstić information content (AvgIpc) is 1.90. The summed E-state index contributed by atoms with van der Waals surface area (Å²) in [7, 11) is 0. The van der Waals surface area contributed by atoms with E-state index >= 15 is 0 Å². The predicted octanol–water partition coefficient (Wildman–Crippen LogP) is -1.04. The van der Waals surface area contributed by atoms with Gasteiger partial charge in [-0.15, -0.1) is 0 Å². The highest BCUT2D eigenvalue weighted by molar-refractivity contribution is 5.53. The molecule has 1 amide bonds. The minimum absolute atomic E-state index is 0.753. The summed E-state index contributed by atoms with van der Waals surface area (Å²) < 4.78 is 0. The van der Waals surface area contributed by atoms with Gasteiger partial charge in [0.15, 0.2) is 0 Å². The van der Waals surface area contributed by atoms with Crippen molar-refractivity contribution in [1.82, 2.24) is 10.2 Å². The maximum absolute atomic E-state index is 9.90. The molecule has 1 heterocycles. The molecule has 1 N–H and O–H groups in total. The fraction of sp³-hybridized carbons (Fsp3) is 0.600. The van der Waals surface area contributed by atoms with E-state index in [0.29, 0.717) is 0 Å². The van der Waals surface area contributed by atoms with Crippen LogP contribution in [-0.4, -0.2) is 26.0 Å². The number of nitrogens with zero attached hydrogens (tertiary/aromatic N) is 1. The summed E-state index contributed by atoms with van der Waals surface area (Å²) >= 11 is 0. The second-order valence-corrected chi connectivity index (χ2v) is 1.67. The summed E-state index contributed by atoms with van der Waals surface area (Å²) in [5.41, 5.74) is 0. The summed E-state index contributed by atoms with van der Waals surface area (Å²) in [5, 5.41) is 3.07. The number of amides is 1. The lowest BCUT2D eigenvalue weighted by Crippen LogP contribution is -2.42. The van der Waals surface area contributed by atoms with E-state index in [9.17, 15) is 4.79 Å². The van der Waals surface area contributed by atoms with Crippen LogP contribution in [0.1, 0.15) is 0 Å². The van der Waals surface area contributed by atoms with Crippen molar-refractivity contribution in [3.63, 3.8) is 0 Å². The van der Waals surface area contributed by atoms with Crippen LogP contribution in [-0.2, 0) is 4.79 Å².